The molecule has 0 fully saturated rings. The van der Waals surface area contributed by atoms with Crippen LogP contribution in [-0.2, 0) is 15.3 Å². The van der Waals surface area contributed by atoms with Crippen molar-refractivity contribution in [1.29, 1.82) is 0 Å². The average molecular weight is 267 g/mol. The summed E-state index contributed by atoms with van der Waals surface area (Å²) in [4.78, 5) is 11.5. The topological polar surface area (TPSA) is 52.3 Å². The van der Waals surface area contributed by atoms with Gasteiger partial charge in [0, 0.05) is 17.2 Å². The van der Waals surface area contributed by atoms with Gasteiger partial charge in [0.1, 0.15) is 5.60 Å². The van der Waals surface area contributed by atoms with Gasteiger partial charge < -0.3 is 10.5 Å². The van der Waals surface area contributed by atoms with Gasteiger partial charge in [-0.25, -0.2) is 0 Å². The van der Waals surface area contributed by atoms with E-state index in [0.717, 1.165) is 17.2 Å². The molecule has 1 rings (SSSR count). The van der Waals surface area contributed by atoms with Gasteiger partial charge in [0.05, 0.1) is 6.42 Å². The van der Waals surface area contributed by atoms with Crippen LogP contribution in [0.2, 0.25) is 0 Å². The van der Waals surface area contributed by atoms with Gasteiger partial charge in [-0.15, -0.1) is 0 Å². The van der Waals surface area contributed by atoms with Crippen LogP contribution in [0.25, 0.3) is 0 Å². The third-order valence-electron chi connectivity index (χ3n) is 2.09. The van der Waals surface area contributed by atoms with Crippen LogP contribution < -0.4 is 5.73 Å². The first kappa shape index (κ1) is 14.9. The van der Waals surface area contributed by atoms with E-state index in [4.69, 9.17) is 10.5 Å². The molecule has 0 atom stereocenters. The lowest BCUT2D eigenvalue weighted by atomic mass is 10.2. The number of carbonyl (C=O) groups excluding carboxylic acids is 1. The quantitative estimate of drug-likeness (QED) is 0.505. The fraction of sp³-hybridized carbons (Fsp3) is 0.500. The van der Waals surface area contributed by atoms with Gasteiger partial charge >= 0.3 is 5.97 Å². The zero-order chi connectivity index (χ0) is 13.6. The molecule has 0 spiro atoms. The molecule has 18 heavy (non-hydrogen) atoms. The second-order valence-electron chi connectivity index (χ2n) is 5.13. The molecule has 0 amide bonds. The maximum absolute atomic E-state index is 11.5. The highest BCUT2D eigenvalue weighted by Gasteiger charge is 2.15. The number of esters is 1. The number of nitrogen functional groups attached to an aromatic ring is 1. The van der Waals surface area contributed by atoms with Crippen molar-refractivity contribution >= 4 is 23.4 Å². The monoisotopic (exact) mass is 267 g/mol. The minimum Gasteiger partial charge on any atom is -0.460 e. The SMILES string of the molecule is CC(C)(C)OC(=O)CCSCc1cccc(N)c1. The summed E-state index contributed by atoms with van der Waals surface area (Å²) in [5.74, 6) is 1.50. The Kier molecular flexibility index (Phi) is 5.54. The lowest BCUT2D eigenvalue weighted by Gasteiger charge is -2.19. The lowest BCUT2D eigenvalue weighted by molar-refractivity contribution is -0.154. The first-order chi connectivity index (χ1) is 8.37. The van der Waals surface area contributed by atoms with Crippen molar-refractivity contribution in [2.75, 3.05) is 11.5 Å². The number of ether oxygens (including phenoxy) is 1. The van der Waals surface area contributed by atoms with Crippen molar-refractivity contribution < 1.29 is 9.53 Å². The Morgan fingerprint density at radius 1 is 1.39 bits per heavy atom. The van der Waals surface area contributed by atoms with E-state index in [1.807, 2.05) is 45.0 Å². The highest BCUT2D eigenvalue weighted by Crippen LogP contribution is 2.16. The van der Waals surface area contributed by atoms with Crippen LogP contribution in [0, 0.1) is 0 Å². The van der Waals surface area contributed by atoms with E-state index in [-0.39, 0.29) is 5.97 Å². The maximum Gasteiger partial charge on any atom is 0.307 e. The smallest absolute Gasteiger partial charge is 0.307 e. The summed E-state index contributed by atoms with van der Waals surface area (Å²) in [6, 6.07) is 7.81. The average Bonchev–Trinajstić information content (AvgIpc) is 2.22. The summed E-state index contributed by atoms with van der Waals surface area (Å²) in [6.07, 6.45) is 0.449. The molecule has 2 N–H and O–H groups in total. The predicted octanol–water partition coefficient (Wildman–Crippen LogP) is 3.23. The molecule has 0 bridgehead atoms. The molecule has 0 saturated heterocycles. The van der Waals surface area contributed by atoms with Crippen molar-refractivity contribution in [3.05, 3.63) is 29.8 Å². The van der Waals surface area contributed by atoms with Gasteiger partial charge in [0.15, 0.2) is 0 Å². The van der Waals surface area contributed by atoms with Gasteiger partial charge in [-0.1, -0.05) is 12.1 Å². The molecule has 0 aliphatic carbocycles. The molecule has 0 heterocycles. The van der Waals surface area contributed by atoms with Crippen molar-refractivity contribution in [2.45, 2.75) is 38.5 Å². The second kappa shape index (κ2) is 6.69. The Labute approximate surface area is 113 Å². The first-order valence-electron chi connectivity index (χ1n) is 6.01. The molecule has 0 aliphatic rings. The molecule has 1 aromatic carbocycles. The number of rotatable bonds is 5. The predicted molar refractivity (Wildman–Crippen MR) is 77.5 cm³/mol. The molecule has 3 nitrogen and oxygen atoms in total. The molecule has 4 heteroatoms. The Balaban J connectivity index is 2.21. The second-order valence-corrected chi connectivity index (χ2v) is 6.24. The summed E-state index contributed by atoms with van der Waals surface area (Å²) >= 11 is 1.71. The van der Waals surface area contributed by atoms with Gasteiger partial charge in [-0.2, -0.15) is 11.8 Å². The van der Waals surface area contributed by atoms with Crippen molar-refractivity contribution in [3.8, 4) is 0 Å². The number of carbonyl (C=O) groups is 1. The van der Waals surface area contributed by atoms with Gasteiger partial charge in [0.25, 0.3) is 0 Å². The zero-order valence-electron chi connectivity index (χ0n) is 11.2. The number of thioether (sulfide) groups is 1. The van der Waals surface area contributed by atoms with E-state index in [9.17, 15) is 4.79 Å². The molecule has 100 valence electrons. The molecule has 0 aliphatic heterocycles. The molecule has 0 unspecified atom stereocenters. The van der Waals surface area contributed by atoms with Crippen LogP contribution in [0.1, 0.15) is 32.8 Å². The number of anilines is 1. The Morgan fingerprint density at radius 2 is 2.11 bits per heavy atom. The molecule has 0 radical (unpaired) electrons. The van der Waals surface area contributed by atoms with Crippen molar-refractivity contribution in [1.82, 2.24) is 0 Å². The maximum atomic E-state index is 11.5. The highest BCUT2D eigenvalue weighted by molar-refractivity contribution is 7.98. The number of benzene rings is 1. The molecule has 0 saturated carbocycles. The van der Waals surface area contributed by atoms with Crippen LogP contribution in [-0.4, -0.2) is 17.3 Å². The van der Waals surface area contributed by atoms with Crippen molar-refractivity contribution in [3.63, 3.8) is 0 Å². The Hall–Kier alpha value is -1.16. The number of hydrogen-bond acceptors (Lipinski definition) is 4. The van der Waals surface area contributed by atoms with Crippen LogP contribution >= 0.6 is 11.8 Å². The van der Waals surface area contributed by atoms with E-state index in [1.165, 1.54) is 5.56 Å². The third-order valence-corrected chi connectivity index (χ3v) is 3.12. The lowest BCUT2D eigenvalue weighted by Crippen LogP contribution is -2.24. The largest absolute Gasteiger partial charge is 0.460 e. The first-order valence-corrected chi connectivity index (χ1v) is 7.16. The van der Waals surface area contributed by atoms with Crippen LogP contribution in [0.15, 0.2) is 24.3 Å². The van der Waals surface area contributed by atoms with E-state index >= 15 is 0 Å². The van der Waals surface area contributed by atoms with Crippen LogP contribution in [0.5, 0.6) is 0 Å². The minimum atomic E-state index is -0.393. The summed E-state index contributed by atoms with van der Waals surface area (Å²) in [6.45, 7) is 5.64. The standard InChI is InChI=1S/C14H21NO2S/c1-14(2,3)17-13(16)7-8-18-10-11-5-4-6-12(15)9-11/h4-6,9H,7-8,10,15H2,1-3H3. The third kappa shape index (κ3) is 6.55. The minimum absolute atomic E-state index is 0.137. The van der Waals surface area contributed by atoms with Gasteiger partial charge in [-0.3, -0.25) is 4.79 Å². The van der Waals surface area contributed by atoms with E-state index in [2.05, 4.69) is 0 Å². The molecule has 0 aromatic heterocycles. The Bertz CT molecular complexity index is 399. The van der Waals surface area contributed by atoms with Gasteiger partial charge in [-0.05, 0) is 38.5 Å². The fourth-order valence-corrected chi connectivity index (χ4v) is 2.29. The summed E-state index contributed by atoms with van der Waals surface area (Å²) in [5.41, 5.74) is 7.27. The van der Waals surface area contributed by atoms with Crippen LogP contribution in [0.4, 0.5) is 5.69 Å². The number of hydrogen-bond donors (Lipinski definition) is 1. The van der Waals surface area contributed by atoms with Crippen molar-refractivity contribution in [2.24, 2.45) is 0 Å². The zero-order valence-corrected chi connectivity index (χ0v) is 12.0. The summed E-state index contributed by atoms with van der Waals surface area (Å²) < 4.78 is 5.24. The van der Waals surface area contributed by atoms with Crippen LogP contribution in [0.3, 0.4) is 0 Å². The molecule has 1 aromatic rings. The number of nitrogens with two attached hydrogens (primary N) is 1. The van der Waals surface area contributed by atoms with E-state index < -0.39 is 5.60 Å². The summed E-state index contributed by atoms with van der Waals surface area (Å²) in [5, 5.41) is 0. The highest BCUT2D eigenvalue weighted by atomic mass is 32.2. The Morgan fingerprint density at radius 3 is 2.72 bits per heavy atom. The molecular weight excluding hydrogens is 246 g/mol. The van der Waals surface area contributed by atoms with E-state index in [0.29, 0.717) is 6.42 Å². The fourth-order valence-electron chi connectivity index (χ4n) is 1.42. The van der Waals surface area contributed by atoms with Gasteiger partial charge in [0.2, 0.25) is 0 Å². The molecular formula is C14H21NO2S. The summed E-state index contributed by atoms with van der Waals surface area (Å²) in [7, 11) is 0. The normalized spacial score (nSPS) is 11.3. The van der Waals surface area contributed by atoms with E-state index in [1.54, 1.807) is 11.8 Å².